The van der Waals surface area contributed by atoms with Crippen molar-refractivity contribution in [3.8, 4) is 0 Å². The molecule has 37 heavy (non-hydrogen) atoms. The fourth-order valence-corrected chi connectivity index (χ4v) is 4.73. The third kappa shape index (κ3) is 8.32. The number of aromatic nitrogens is 2. The normalized spacial score (nSPS) is 20.5. The lowest BCUT2D eigenvalue weighted by molar-refractivity contribution is 0.0263. The predicted molar refractivity (Wildman–Crippen MR) is 144 cm³/mol. The van der Waals surface area contributed by atoms with Crippen LogP contribution >= 0.6 is 0 Å². The SMILES string of the molecule is COCCCN1CCCN(c2nc(/C(N)=N/O)cc(N3CCCN(C(=O)OC(C)(C)C)CC3)n2)[C@@H](C)C1. The van der Waals surface area contributed by atoms with Crippen LogP contribution in [0, 0.1) is 0 Å². The summed E-state index contributed by atoms with van der Waals surface area (Å²) >= 11 is 0. The molecule has 12 heteroatoms. The third-order valence-corrected chi connectivity index (χ3v) is 6.55. The molecule has 0 radical (unpaired) electrons. The van der Waals surface area contributed by atoms with Crippen molar-refractivity contribution in [2.75, 3.05) is 75.9 Å². The first-order valence-corrected chi connectivity index (χ1v) is 13.2. The number of oxime groups is 1. The van der Waals surface area contributed by atoms with Crippen molar-refractivity contribution in [1.29, 1.82) is 0 Å². The standard InChI is InChI=1S/C25H44N8O4/c1-19-18-30(10-8-16-36-5)9-6-13-33(19)23-27-20(22(26)29-35)17-21(28-23)31-11-7-12-32(15-14-31)24(34)37-25(2,3)4/h17,19,35H,6-16,18H2,1-5H3,(H2,26,29)/t19-/m0/s1. The maximum atomic E-state index is 12.6. The average molecular weight is 521 g/mol. The van der Waals surface area contributed by atoms with Crippen molar-refractivity contribution in [2.45, 2.75) is 58.6 Å². The molecule has 1 atom stereocenters. The van der Waals surface area contributed by atoms with Crippen LogP contribution < -0.4 is 15.5 Å². The van der Waals surface area contributed by atoms with E-state index in [1.807, 2.05) is 20.8 Å². The first-order valence-electron chi connectivity index (χ1n) is 13.2. The molecule has 0 aliphatic carbocycles. The quantitative estimate of drug-likeness (QED) is 0.181. The highest BCUT2D eigenvalue weighted by Crippen LogP contribution is 2.23. The molecule has 12 nitrogen and oxygen atoms in total. The van der Waals surface area contributed by atoms with Crippen LogP contribution in [-0.4, -0.2) is 115 Å². The third-order valence-electron chi connectivity index (χ3n) is 6.55. The molecule has 208 valence electrons. The van der Waals surface area contributed by atoms with Crippen molar-refractivity contribution in [3.63, 3.8) is 0 Å². The molecule has 1 aromatic rings. The second-order valence-electron chi connectivity index (χ2n) is 10.7. The van der Waals surface area contributed by atoms with Crippen LogP contribution in [0.2, 0.25) is 0 Å². The number of rotatable bonds is 7. The number of hydrogen-bond acceptors (Lipinski definition) is 10. The highest BCUT2D eigenvalue weighted by molar-refractivity contribution is 5.96. The highest BCUT2D eigenvalue weighted by atomic mass is 16.6. The summed E-state index contributed by atoms with van der Waals surface area (Å²) in [6.45, 7) is 14.7. The van der Waals surface area contributed by atoms with Gasteiger partial charge in [0, 0.05) is 71.6 Å². The van der Waals surface area contributed by atoms with Gasteiger partial charge in [0.25, 0.3) is 0 Å². The minimum Gasteiger partial charge on any atom is -0.444 e. The van der Waals surface area contributed by atoms with Gasteiger partial charge in [0.2, 0.25) is 5.95 Å². The summed E-state index contributed by atoms with van der Waals surface area (Å²) in [7, 11) is 1.73. The number of methoxy groups -OCH3 is 1. The lowest BCUT2D eigenvalue weighted by atomic mass is 10.2. The van der Waals surface area contributed by atoms with E-state index in [1.54, 1.807) is 18.1 Å². The van der Waals surface area contributed by atoms with E-state index in [9.17, 15) is 10.0 Å². The molecule has 0 aromatic carbocycles. The summed E-state index contributed by atoms with van der Waals surface area (Å²) in [5, 5.41) is 12.5. The molecule has 1 aromatic heterocycles. The molecule has 3 heterocycles. The van der Waals surface area contributed by atoms with E-state index < -0.39 is 5.60 Å². The molecule has 2 aliphatic heterocycles. The molecule has 2 aliphatic rings. The van der Waals surface area contributed by atoms with E-state index in [1.165, 1.54) is 0 Å². The Morgan fingerprint density at radius 1 is 1.16 bits per heavy atom. The lowest BCUT2D eigenvalue weighted by Gasteiger charge is -2.30. The molecule has 0 unspecified atom stereocenters. The van der Waals surface area contributed by atoms with E-state index >= 15 is 0 Å². The van der Waals surface area contributed by atoms with Gasteiger partial charge < -0.3 is 40.0 Å². The Labute approximate surface area is 220 Å². The molecule has 2 fully saturated rings. The Hall–Kier alpha value is -2.86. The number of carbonyl (C=O) groups is 1. The molecule has 1 amide bonds. The first kappa shape index (κ1) is 28.7. The minimum atomic E-state index is -0.538. The number of nitrogens with two attached hydrogens (primary N) is 1. The number of anilines is 2. The topological polar surface area (TPSA) is 133 Å². The van der Waals surface area contributed by atoms with Gasteiger partial charge in [-0.05, 0) is 53.5 Å². The van der Waals surface area contributed by atoms with Crippen LogP contribution in [0.15, 0.2) is 11.2 Å². The van der Waals surface area contributed by atoms with Crippen LogP contribution in [0.4, 0.5) is 16.6 Å². The smallest absolute Gasteiger partial charge is 0.410 e. The fourth-order valence-electron chi connectivity index (χ4n) is 4.73. The predicted octanol–water partition coefficient (Wildman–Crippen LogP) is 1.96. The Balaban J connectivity index is 1.79. The van der Waals surface area contributed by atoms with Gasteiger partial charge in [-0.15, -0.1) is 0 Å². The van der Waals surface area contributed by atoms with E-state index in [0.29, 0.717) is 43.6 Å². The maximum absolute atomic E-state index is 12.6. The van der Waals surface area contributed by atoms with E-state index in [-0.39, 0.29) is 18.0 Å². The number of ether oxygens (including phenoxy) is 2. The van der Waals surface area contributed by atoms with Crippen molar-refractivity contribution in [2.24, 2.45) is 10.9 Å². The fraction of sp³-hybridized carbons (Fsp3) is 0.760. The van der Waals surface area contributed by atoms with Crippen molar-refractivity contribution < 1.29 is 19.5 Å². The number of nitrogens with zero attached hydrogens (tertiary/aromatic N) is 7. The van der Waals surface area contributed by atoms with E-state index in [4.69, 9.17) is 20.2 Å². The zero-order valence-electron chi connectivity index (χ0n) is 23.0. The Morgan fingerprint density at radius 2 is 1.92 bits per heavy atom. The lowest BCUT2D eigenvalue weighted by Crippen LogP contribution is -2.41. The van der Waals surface area contributed by atoms with Gasteiger partial charge >= 0.3 is 6.09 Å². The van der Waals surface area contributed by atoms with Gasteiger partial charge in [-0.3, -0.25) is 0 Å². The number of carbonyl (C=O) groups excluding carboxylic acids is 1. The Kier molecular flexibility index (Phi) is 10.2. The van der Waals surface area contributed by atoms with Crippen molar-refractivity contribution in [3.05, 3.63) is 11.8 Å². The summed E-state index contributed by atoms with van der Waals surface area (Å²) in [6, 6.07) is 1.94. The van der Waals surface area contributed by atoms with Crippen molar-refractivity contribution in [1.82, 2.24) is 19.8 Å². The molecule has 0 spiro atoms. The van der Waals surface area contributed by atoms with Gasteiger partial charge in [-0.25, -0.2) is 9.78 Å². The monoisotopic (exact) mass is 520 g/mol. The summed E-state index contributed by atoms with van der Waals surface area (Å²) in [5.41, 5.74) is 5.82. The second-order valence-corrected chi connectivity index (χ2v) is 10.7. The van der Waals surface area contributed by atoms with E-state index in [2.05, 4.69) is 31.8 Å². The van der Waals surface area contributed by atoms with Crippen LogP contribution in [0.25, 0.3) is 0 Å². The van der Waals surface area contributed by atoms with E-state index in [0.717, 1.165) is 52.0 Å². The van der Waals surface area contributed by atoms with Gasteiger partial charge in [0.1, 0.15) is 17.1 Å². The van der Waals surface area contributed by atoms with Crippen molar-refractivity contribution >= 4 is 23.7 Å². The molecule has 3 N–H and O–H groups in total. The number of amides is 1. The average Bonchev–Trinajstić information content (AvgIpc) is 3.21. The van der Waals surface area contributed by atoms with Gasteiger partial charge in [0.15, 0.2) is 5.84 Å². The van der Waals surface area contributed by atoms with Crippen LogP contribution in [0.1, 0.15) is 52.7 Å². The van der Waals surface area contributed by atoms with Crippen LogP contribution in [0.3, 0.4) is 0 Å². The minimum absolute atomic E-state index is 0.0567. The van der Waals surface area contributed by atoms with Crippen LogP contribution in [0.5, 0.6) is 0 Å². The first-order chi connectivity index (χ1) is 17.6. The van der Waals surface area contributed by atoms with Gasteiger partial charge in [-0.2, -0.15) is 4.98 Å². The maximum Gasteiger partial charge on any atom is 0.410 e. The second kappa shape index (κ2) is 13.1. The zero-order valence-corrected chi connectivity index (χ0v) is 23.0. The number of hydrogen-bond donors (Lipinski definition) is 2. The molecule has 0 bridgehead atoms. The van der Waals surface area contributed by atoms with Gasteiger partial charge in [0.05, 0.1) is 0 Å². The van der Waals surface area contributed by atoms with Crippen LogP contribution in [-0.2, 0) is 9.47 Å². The summed E-state index contributed by atoms with van der Waals surface area (Å²) in [5.74, 6) is 1.21. The molecular weight excluding hydrogens is 476 g/mol. The summed E-state index contributed by atoms with van der Waals surface area (Å²) < 4.78 is 10.8. The molecular formula is C25H44N8O4. The van der Waals surface area contributed by atoms with Gasteiger partial charge in [-0.1, -0.05) is 5.16 Å². The molecule has 2 saturated heterocycles. The summed E-state index contributed by atoms with van der Waals surface area (Å²) in [4.78, 5) is 30.8. The largest absolute Gasteiger partial charge is 0.444 e. The highest BCUT2D eigenvalue weighted by Gasteiger charge is 2.28. The molecule has 0 saturated carbocycles. The summed E-state index contributed by atoms with van der Waals surface area (Å²) in [6.07, 6.45) is 2.45. The zero-order chi connectivity index (χ0) is 27.0. The Morgan fingerprint density at radius 3 is 2.62 bits per heavy atom. The molecule has 3 rings (SSSR count). The Bertz CT molecular complexity index is 922. The number of amidine groups is 1.